The van der Waals surface area contributed by atoms with E-state index >= 15 is 0 Å². The number of aromatic nitrogens is 2. The van der Waals surface area contributed by atoms with E-state index in [-0.39, 0.29) is 5.91 Å². The predicted octanol–water partition coefficient (Wildman–Crippen LogP) is 3.22. The van der Waals surface area contributed by atoms with Crippen LogP contribution in [0.25, 0.3) is 0 Å². The summed E-state index contributed by atoms with van der Waals surface area (Å²) in [5.74, 6) is 3.95. The normalized spacial score (nSPS) is 25.2. The summed E-state index contributed by atoms with van der Waals surface area (Å²) in [4.78, 5) is 18.7. The summed E-state index contributed by atoms with van der Waals surface area (Å²) in [5.41, 5.74) is 0. The average Bonchev–Trinajstić information content (AvgIpc) is 3.27. The molecule has 1 aromatic rings. The summed E-state index contributed by atoms with van der Waals surface area (Å²) in [6, 6.07) is 0.409. The second-order valence-corrected chi connectivity index (χ2v) is 7.63. The van der Waals surface area contributed by atoms with Gasteiger partial charge >= 0.3 is 0 Å². The summed E-state index contributed by atoms with van der Waals surface area (Å²) < 4.78 is 5.23. The molecule has 22 heavy (non-hydrogen) atoms. The van der Waals surface area contributed by atoms with Crippen LogP contribution in [0.5, 0.6) is 0 Å². The zero-order chi connectivity index (χ0) is 15.5. The van der Waals surface area contributed by atoms with Crippen LogP contribution in [-0.2, 0) is 10.5 Å². The van der Waals surface area contributed by atoms with E-state index in [1.165, 1.54) is 32.1 Å². The van der Waals surface area contributed by atoms with Gasteiger partial charge in [-0.3, -0.25) is 4.79 Å². The van der Waals surface area contributed by atoms with Gasteiger partial charge in [0.25, 0.3) is 0 Å². The number of amides is 1. The molecule has 0 bridgehead atoms. The molecule has 1 amide bonds. The van der Waals surface area contributed by atoms with Crippen molar-refractivity contribution in [3.63, 3.8) is 0 Å². The van der Waals surface area contributed by atoms with Gasteiger partial charge < -0.3 is 9.42 Å². The predicted molar refractivity (Wildman–Crippen MR) is 86.6 cm³/mol. The molecular formula is C16H25N3O2S. The van der Waals surface area contributed by atoms with Gasteiger partial charge in [0.2, 0.25) is 11.8 Å². The van der Waals surface area contributed by atoms with E-state index in [0.717, 1.165) is 12.2 Å². The molecule has 0 saturated heterocycles. The quantitative estimate of drug-likeness (QED) is 0.804. The van der Waals surface area contributed by atoms with Gasteiger partial charge in [0.15, 0.2) is 5.82 Å². The Labute approximate surface area is 136 Å². The summed E-state index contributed by atoms with van der Waals surface area (Å²) in [6.45, 7) is 2.26. The Bertz CT molecular complexity index is 515. The molecule has 122 valence electrons. The van der Waals surface area contributed by atoms with Crippen molar-refractivity contribution in [2.75, 3.05) is 12.8 Å². The fourth-order valence-corrected chi connectivity index (χ4v) is 3.99. The molecule has 2 atom stereocenters. The van der Waals surface area contributed by atoms with E-state index in [4.69, 9.17) is 4.52 Å². The molecule has 0 unspecified atom stereocenters. The molecule has 3 rings (SSSR count). The summed E-state index contributed by atoms with van der Waals surface area (Å²) in [5, 5.41) is 4.00. The number of thioether (sulfide) groups is 1. The van der Waals surface area contributed by atoms with Crippen LogP contribution in [0.1, 0.15) is 63.1 Å². The second kappa shape index (κ2) is 7.02. The monoisotopic (exact) mass is 323 g/mol. The molecule has 2 fully saturated rings. The summed E-state index contributed by atoms with van der Waals surface area (Å²) in [7, 11) is 1.95. The molecule has 0 radical (unpaired) electrons. The van der Waals surface area contributed by atoms with Crippen LogP contribution < -0.4 is 0 Å². The van der Waals surface area contributed by atoms with Crippen molar-refractivity contribution in [1.82, 2.24) is 15.0 Å². The van der Waals surface area contributed by atoms with Crippen molar-refractivity contribution in [3.05, 3.63) is 11.7 Å². The third-order valence-electron chi connectivity index (χ3n) is 4.83. The van der Waals surface area contributed by atoms with Crippen molar-refractivity contribution in [2.24, 2.45) is 5.92 Å². The van der Waals surface area contributed by atoms with Crippen LogP contribution in [0.15, 0.2) is 4.52 Å². The lowest BCUT2D eigenvalue weighted by Gasteiger charge is -2.36. The highest BCUT2D eigenvalue weighted by Gasteiger charge is 2.29. The first-order chi connectivity index (χ1) is 10.6. The number of hydrogen-bond donors (Lipinski definition) is 0. The fraction of sp³-hybridized carbons (Fsp3) is 0.812. The first-order valence-corrected chi connectivity index (χ1v) is 9.46. The Kier molecular flexibility index (Phi) is 5.06. The van der Waals surface area contributed by atoms with Crippen LogP contribution in [-0.4, -0.2) is 39.8 Å². The highest BCUT2D eigenvalue weighted by Crippen LogP contribution is 2.38. The van der Waals surface area contributed by atoms with Crippen LogP contribution in [0.3, 0.4) is 0 Å². The molecule has 6 heteroatoms. The lowest BCUT2D eigenvalue weighted by atomic mass is 9.85. The van der Waals surface area contributed by atoms with Gasteiger partial charge in [-0.2, -0.15) is 4.98 Å². The SMILES string of the molecule is C[C@@H]1CCCC[C@H]1N(C)C(=O)CSCc1nc(C2CC2)no1. The molecule has 2 aliphatic carbocycles. The van der Waals surface area contributed by atoms with Gasteiger partial charge in [0, 0.05) is 19.0 Å². The van der Waals surface area contributed by atoms with E-state index in [1.807, 2.05) is 11.9 Å². The molecule has 0 N–H and O–H groups in total. The molecule has 1 heterocycles. The lowest BCUT2D eigenvalue weighted by molar-refractivity contribution is -0.130. The standard InChI is InChI=1S/C16H25N3O2S/c1-11-5-3-4-6-13(11)19(2)15(20)10-22-9-14-17-16(18-21-14)12-7-8-12/h11-13H,3-10H2,1-2H3/t11-,13-/m1/s1. The maximum absolute atomic E-state index is 12.3. The molecule has 1 aromatic heterocycles. The van der Waals surface area contributed by atoms with Gasteiger partial charge in [-0.25, -0.2) is 0 Å². The first-order valence-electron chi connectivity index (χ1n) is 8.31. The Morgan fingerprint density at radius 2 is 2.09 bits per heavy atom. The van der Waals surface area contributed by atoms with Crippen LogP contribution >= 0.6 is 11.8 Å². The number of nitrogens with zero attached hydrogens (tertiary/aromatic N) is 3. The fourth-order valence-electron chi connectivity index (χ4n) is 3.22. The molecule has 0 spiro atoms. The molecular weight excluding hydrogens is 298 g/mol. The van der Waals surface area contributed by atoms with Crippen molar-refractivity contribution in [2.45, 2.75) is 63.2 Å². The minimum Gasteiger partial charge on any atom is -0.342 e. The highest BCUT2D eigenvalue weighted by molar-refractivity contribution is 7.99. The Morgan fingerprint density at radius 1 is 1.32 bits per heavy atom. The van der Waals surface area contributed by atoms with Crippen molar-refractivity contribution >= 4 is 17.7 Å². The number of hydrogen-bond acceptors (Lipinski definition) is 5. The largest absolute Gasteiger partial charge is 0.342 e. The summed E-state index contributed by atoms with van der Waals surface area (Å²) >= 11 is 1.57. The van der Waals surface area contributed by atoms with E-state index < -0.39 is 0 Å². The van der Waals surface area contributed by atoms with Crippen LogP contribution in [0.2, 0.25) is 0 Å². The van der Waals surface area contributed by atoms with Crippen molar-refractivity contribution in [1.29, 1.82) is 0 Å². The molecule has 5 nitrogen and oxygen atoms in total. The van der Waals surface area contributed by atoms with Crippen molar-refractivity contribution < 1.29 is 9.32 Å². The Morgan fingerprint density at radius 3 is 2.82 bits per heavy atom. The van der Waals surface area contributed by atoms with E-state index in [0.29, 0.717) is 35.3 Å². The Hall–Kier alpha value is -1.04. The van der Waals surface area contributed by atoms with Gasteiger partial charge in [-0.1, -0.05) is 24.9 Å². The maximum Gasteiger partial charge on any atom is 0.236 e. The van der Waals surface area contributed by atoms with Gasteiger partial charge in [-0.15, -0.1) is 11.8 Å². The topological polar surface area (TPSA) is 59.2 Å². The third-order valence-corrected chi connectivity index (χ3v) is 5.74. The van der Waals surface area contributed by atoms with Gasteiger partial charge in [-0.05, 0) is 31.6 Å². The molecule has 0 aliphatic heterocycles. The number of carbonyl (C=O) groups is 1. The molecule has 2 saturated carbocycles. The number of rotatable bonds is 6. The third kappa shape index (κ3) is 3.83. The number of carbonyl (C=O) groups excluding carboxylic acids is 1. The average molecular weight is 323 g/mol. The minimum absolute atomic E-state index is 0.214. The molecule has 2 aliphatic rings. The zero-order valence-electron chi connectivity index (χ0n) is 13.5. The van der Waals surface area contributed by atoms with Gasteiger partial charge in [0.05, 0.1) is 11.5 Å². The van der Waals surface area contributed by atoms with Crippen LogP contribution in [0, 0.1) is 5.92 Å². The van der Waals surface area contributed by atoms with Gasteiger partial charge in [0.1, 0.15) is 0 Å². The van der Waals surface area contributed by atoms with E-state index in [9.17, 15) is 4.79 Å². The van der Waals surface area contributed by atoms with Crippen molar-refractivity contribution in [3.8, 4) is 0 Å². The lowest BCUT2D eigenvalue weighted by Crippen LogP contribution is -2.43. The van der Waals surface area contributed by atoms with E-state index in [2.05, 4.69) is 17.1 Å². The van der Waals surface area contributed by atoms with E-state index in [1.54, 1.807) is 11.8 Å². The van der Waals surface area contributed by atoms with Crippen LogP contribution in [0.4, 0.5) is 0 Å². The zero-order valence-corrected chi connectivity index (χ0v) is 14.3. The highest BCUT2D eigenvalue weighted by atomic mass is 32.2. The first kappa shape index (κ1) is 15.8. The minimum atomic E-state index is 0.214. The summed E-state index contributed by atoms with van der Waals surface area (Å²) in [6.07, 6.45) is 7.27. The molecule has 0 aromatic carbocycles. The smallest absolute Gasteiger partial charge is 0.236 e. The second-order valence-electron chi connectivity index (χ2n) is 6.65. The maximum atomic E-state index is 12.3. The Balaban J connectivity index is 1.42.